The lowest BCUT2D eigenvalue weighted by atomic mass is 10.2. The Hall–Kier alpha value is -3.73. The Labute approximate surface area is 242 Å². The third-order valence-electron chi connectivity index (χ3n) is 6.63. The van der Waals surface area contributed by atoms with Crippen LogP contribution in [0, 0.1) is 20.8 Å². The van der Waals surface area contributed by atoms with Gasteiger partial charge < -0.3 is 0 Å². The van der Waals surface area contributed by atoms with Crippen molar-refractivity contribution < 1.29 is 13.2 Å². The summed E-state index contributed by atoms with van der Waals surface area (Å²) in [5, 5.41) is 5.67. The van der Waals surface area contributed by atoms with E-state index in [1.807, 2.05) is 49.7 Å². The maximum Gasteiger partial charge on any atom is 0.264 e. The molecule has 11 heteroatoms. The van der Waals surface area contributed by atoms with Crippen LogP contribution < -0.4 is 9.21 Å². The highest BCUT2D eigenvalue weighted by Gasteiger charge is 2.25. The minimum Gasteiger partial charge on any atom is -0.282 e. The number of benzene rings is 3. The molecular weight excluding hydrogens is 566 g/mol. The maximum atomic E-state index is 13.9. The zero-order valence-corrected chi connectivity index (χ0v) is 24.9. The molecule has 0 saturated heterocycles. The highest BCUT2D eigenvalue weighted by molar-refractivity contribution is 7.92. The number of halogens is 1. The van der Waals surface area contributed by atoms with Crippen molar-refractivity contribution in [2.24, 2.45) is 0 Å². The van der Waals surface area contributed by atoms with E-state index in [0.717, 1.165) is 27.2 Å². The number of anilines is 2. The molecular formula is C29H28ClN5O3S2. The van der Waals surface area contributed by atoms with Crippen LogP contribution >= 0.6 is 22.9 Å². The molecule has 5 rings (SSSR count). The summed E-state index contributed by atoms with van der Waals surface area (Å²) < 4.78 is 30.4. The fraction of sp³-hybridized carbons (Fsp3) is 0.207. The smallest absolute Gasteiger partial charge is 0.264 e. The number of aryl methyl sites for hydroxylation is 3. The summed E-state index contributed by atoms with van der Waals surface area (Å²) in [5.41, 5.74) is 4.51. The standard InChI is InChI=1S/C29H28ClN5O3S2/c1-19-16-23(30)18-26-27(19)31-29(39-26)34(14-15-35-21(3)17-20(2)32-35)28(36)22-10-12-25(13-11-22)40(37,38)33(4)24-8-6-5-7-9-24/h5-13,16-18H,14-15H2,1-4H3. The predicted molar refractivity (Wildman–Crippen MR) is 161 cm³/mol. The molecule has 0 aliphatic rings. The van der Waals surface area contributed by atoms with Crippen LogP contribution in [0.2, 0.25) is 5.02 Å². The Bertz CT molecular complexity index is 1800. The normalized spacial score (nSPS) is 11.6. The minimum atomic E-state index is -3.81. The van der Waals surface area contributed by atoms with E-state index in [1.54, 1.807) is 41.3 Å². The lowest BCUT2D eigenvalue weighted by Crippen LogP contribution is -2.34. The van der Waals surface area contributed by atoms with E-state index in [-0.39, 0.29) is 10.8 Å². The monoisotopic (exact) mass is 593 g/mol. The van der Waals surface area contributed by atoms with E-state index in [4.69, 9.17) is 16.6 Å². The Balaban J connectivity index is 1.47. The van der Waals surface area contributed by atoms with Gasteiger partial charge in [0.2, 0.25) is 0 Å². The molecule has 0 unspecified atom stereocenters. The zero-order chi connectivity index (χ0) is 28.6. The first-order chi connectivity index (χ1) is 19.0. The van der Waals surface area contributed by atoms with Gasteiger partial charge in [-0.2, -0.15) is 5.10 Å². The molecule has 0 aliphatic carbocycles. The van der Waals surface area contributed by atoms with Gasteiger partial charge in [-0.3, -0.25) is 18.7 Å². The number of sulfonamides is 1. The quantitative estimate of drug-likeness (QED) is 0.212. The second kappa shape index (κ2) is 11.0. The average Bonchev–Trinajstić information content (AvgIpc) is 3.50. The maximum absolute atomic E-state index is 13.9. The first kappa shape index (κ1) is 27.8. The molecule has 3 aromatic carbocycles. The van der Waals surface area contributed by atoms with E-state index in [9.17, 15) is 13.2 Å². The number of nitrogens with zero attached hydrogens (tertiary/aromatic N) is 5. The largest absolute Gasteiger partial charge is 0.282 e. The molecule has 0 aliphatic heterocycles. The predicted octanol–water partition coefficient (Wildman–Crippen LogP) is 6.24. The lowest BCUT2D eigenvalue weighted by molar-refractivity contribution is 0.0985. The second-order valence-electron chi connectivity index (χ2n) is 9.51. The van der Waals surface area contributed by atoms with Gasteiger partial charge in [0.25, 0.3) is 15.9 Å². The Morgan fingerprint density at radius 3 is 2.35 bits per heavy atom. The van der Waals surface area contributed by atoms with E-state index in [2.05, 4.69) is 5.10 Å². The molecule has 0 radical (unpaired) electrons. The van der Waals surface area contributed by atoms with E-state index >= 15 is 0 Å². The van der Waals surface area contributed by atoms with Crippen LogP contribution in [0.1, 0.15) is 27.3 Å². The van der Waals surface area contributed by atoms with Crippen molar-refractivity contribution in [2.45, 2.75) is 32.2 Å². The van der Waals surface area contributed by atoms with Gasteiger partial charge >= 0.3 is 0 Å². The molecule has 40 heavy (non-hydrogen) atoms. The average molecular weight is 594 g/mol. The van der Waals surface area contributed by atoms with Gasteiger partial charge in [-0.25, -0.2) is 13.4 Å². The lowest BCUT2D eigenvalue weighted by Gasteiger charge is -2.21. The van der Waals surface area contributed by atoms with Crippen molar-refractivity contribution >= 4 is 59.9 Å². The van der Waals surface area contributed by atoms with Gasteiger partial charge in [-0.15, -0.1) is 0 Å². The number of rotatable bonds is 8. The number of para-hydroxylation sites is 1. The summed E-state index contributed by atoms with van der Waals surface area (Å²) in [6.07, 6.45) is 0. The summed E-state index contributed by atoms with van der Waals surface area (Å²) in [5.74, 6) is -0.287. The molecule has 0 fully saturated rings. The topological polar surface area (TPSA) is 88.4 Å². The molecule has 0 atom stereocenters. The molecule has 8 nitrogen and oxygen atoms in total. The van der Waals surface area contributed by atoms with Crippen LogP contribution in [0.3, 0.4) is 0 Å². The molecule has 0 N–H and O–H groups in total. The van der Waals surface area contributed by atoms with Crippen molar-refractivity contribution in [3.05, 3.63) is 100 Å². The third kappa shape index (κ3) is 5.47. The molecule has 2 heterocycles. The van der Waals surface area contributed by atoms with Crippen LogP contribution in [0.25, 0.3) is 10.2 Å². The molecule has 0 spiro atoms. The highest BCUT2D eigenvalue weighted by Crippen LogP contribution is 2.34. The van der Waals surface area contributed by atoms with Gasteiger partial charge in [0.1, 0.15) is 0 Å². The van der Waals surface area contributed by atoms with Gasteiger partial charge in [0.05, 0.1) is 33.0 Å². The minimum absolute atomic E-state index is 0.0925. The van der Waals surface area contributed by atoms with Crippen LogP contribution in [-0.4, -0.2) is 42.7 Å². The third-order valence-corrected chi connectivity index (χ3v) is 9.68. The number of thiazole rings is 1. The molecule has 2 aromatic heterocycles. The summed E-state index contributed by atoms with van der Waals surface area (Å²) in [7, 11) is -2.30. The van der Waals surface area contributed by atoms with Crippen molar-refractivity contribution in [2.75, 3.05) is 22.8 Å². The molecule has 206 valence electrons. The van der Waals surface area contributed by atoms with Crippen molar-refractivity contribution in [3.63, 3.8) is 0 Å². The van der Waals surface area contributed by atoms with Gasteiger partial charge in [0.15, 0.2) is 5.13 Å². The first-order valence-electron chi connectivity index (χ1n) is 12.6. The number of carbonyl (C=O) groups excluding carboxylic acids is 1. The summed E-state index contributed by atoms with van der Waals surface area (Å²) >= 11 is 7.67. The molecule has 5 aromatic rings. The second-order valence-corrected chi connectivity index (χ2v) is 12.9. The molecule has 0 saturated carbocycles. The van der Waals surface area contributed by atoms with Crippen LogP contribution in [-0.2, 0) is 16.6 Å². The Kier molecular flexibility index (Phi) is 7.67. The number of amides is 1. The highest BCUT2D eigenvalue weighted by atomic mass is 35.5. The summed E-state index contributed by atoms with van der Waals surface area (Å²) in [6.45, 7) is 6.63. The van der Waals surface area contributed by atoms with Crippen molar-refractivity contribution in [1.29, 1.82) is 0 Å². The fourth-order valence-electron chi connectivity index (χ4n) is 4.50. The van der Waals surface area contributed by atoms with Gasteiger partial charge in [-0.05, 0) is 80.9 Å². The fourth-order valence-corrected chi connectivity index (χ4v) is 7.14. The zero-order valence-electron chi connectivity index (χ0n) is 22.5. The first-order valence-corrected chi connectivity index (χ1v) is 15.2. The number of aromatic nitrogens is 3. The van der Waals surface area contributed by atoms with Gasteiger partial charge in [-0.1, -0.05) is 41.1 Å². The SMILES string of the molecule is Cc1cc(C)n(CCN(C(=O)c2ccc(S(=O)(=O)N(C)c3ccccc3)cc2)c2nc3c(C)cc(Cl)cc3s2)n1. The summed E-state index contributed by atoms with van der Waals surface area (Å²) in [4.78, 5) is 20.4. The number of carbonyl (C=O) groups is 1. The Morgan fingerprint density at radius 2 is 1.70 bits per heavy atom. The van der Waals surface area contributed by atoms with Crippen LogP contribution in [0.5, 0.6) is 0 Å². The number of hydrogen-bond acceptors (Lipinski definition) is 6. The number of hydrogen-bond donors (Lipinski definition) is 0. The van der Waals surface area contributed by atoms with Crippen LogP contribution in [0.4, 0.5) is 10.8 Å². The molecule has 1 amide bonds. The van der Waals surface area contributed by atoms with E-state index in [1.165, 1.54) is 34.8 Å². The van der Waals surface area contributed by atoms with E-state index < -0.39 is 10.0 Å². The van der Waals surface area contributed by atoms with E-state index in [0.29, 0.717) is 34.5 Å². The summed E-state index contributed by atoms with van der Waals surface area (Å²) in [6, 6.07) is 20.5. The van der Waals surface area contributed by atoms with Crippen molar-refractivity contribution in [1.82, 2.24) is 14.8 Å². The van der Waals surface area contributed by atoms with Crippen molar-refractivity contribution in [3.8, 4) is 0 Å². The van der Waals surface area contributed by atoms with Crippen LogP contribution in [0.15, 0.2) is 77.7 Å². The van der Waals surface area contributed by atoms with Gasteiger partial charge in [0, 0.05) is 29.9 Å². The number of fused-ring (bicyclic) bond motifs is 1. The Morgan fingerprint density at radius 1 is 1.00 bits per heavy atom. The molecule has 0 bridgehead atoms.